The fraction of sp³-hybridized carbons (Fsp3) is 0.278. The van der Waals surface area contributed by atoms with Crippen LogP contribution < -0.4 is 15.5 Å². The van der Waals surface area contributed by atoms with Crippen molar-refractivity contribution in [1.29, 1.82) is 0 Å². The van der Waals surface area contributed by atoms with E-state index < -0.39 is 0 Å². The second kappa shape index (κ2) is 8.58. The molecule has 0 aliphatic heterocycles. The van der Waals surface area contributed by atoms with E-state index in [2.05, 4.69) is 57.4 Å². The summed E-state index contributed by atoms with van der Waals surface area (Å²) < 4.78 is 0.940. The van der Waals surface area contributed by atoms with Crippen LogP contribution in [0.4, 0.5) is 17.1 Å². The molecule has 0 unspecified atom stereocenters. The Balaban J connectivity index is 1.86. The number of nitrogens with one attached hydrogen (secondary N) is 2. The van der Waals surface area contributed by atoms with E-state index in [0.29, 0.717) is 0 Å². The molecule has 0 bridgehead atoms. The highest BCUT2D eigenvalue weighted by Gasteiger charge is 2.04. The van der Waals surface area contributed by atoms with Gasteiger partial charge in [0, 0.05) is 34.6 Å². The van der Waals surface area contributed by atoms with Gasteiger partial charge in [0.1, 0.15) is 0 Å². The molecule has 122 valence electrons. The van der Waals surface area contributed by atoms with E-state index in [-0.39, 0.29) is 12.5 Å². The number of halogens is 1. The van der Waals surface area contributed by atoms with E-state index in [1.165, 1.54) is 5.69 Å². The molecule has 0 heterocycles. The van der Waals surface area contributed by atoms with Gasteiger partial charge in [-0.25, -0.2) is 0 Å². The molecule has 0 radical (unpaired) electrons. The molecule has 0 atom stereocenters. The molecule has 0 aromatic heterocycles. The fourth-order valence-electron chi connectivity index (χ4n) is 2.33. The zero-order valence-corrected chi connectivity index (χ0v) is 15.1. The minimum absolute atomic E-state index is 0.0732. The van der Waals surface area contributed by atoms with Crippen LogP contribution in [0.15, 0.2) is 53.0 Å². The third-order valence-corrected chi connectivity index (χ3v) is 4.05. The van der Waals surface area contributed by atoms with Gasteiger partial charge in [0.15, 0.2) is 0 Å². The molecule has 0 aliphatic rings. The summed E-state index contributed by atoms with van der Waals surface area (Å²) in [6, 6.07) is 15.7. The maximum atomic E-state index is 12.0. The van der Waals surface area contributed by atoms with Crippen LogP contribution in [0.5, 0.6) is 0 Å². The minimum Gasteiger partial charge on any atom is -0.376 e. The Bertz CT molecular complexity index is 639. The van der Waals surface area contributed by atoms with E-state index in [1.807, 2.05) is 36.4 Å². The van der Waals surface area contributed by atoms with Gasteiger partial charge in [0.05, 0.1) is 6.54 Å². The predicted octanol–water partition coefficient (Wildman–Crippen LogP) is 4.35. The summed E-state index contributed by atoms with van der Waals surface area (Å²) in [6.07, 6.45) is 0. The Labute approximate surface area is 146 Å². The Morgan fingerprint density at radius 2 is 1.74 bits per heavy atom. The molecule has 4 nitrogen and oxygen atoms in total. The number of carbonyl (C=O) groups excluding carboxylic acids is 1. The van der Waals surface area contributed by atoms with Crippen LogP contribution >= 0.6 is 15.9 Å². The molecule has 1 amide bonds. The maximum absolute atomic E-state index is 12.0. The second-order valence-corrected chi connectivity index (χ2v) is 6.05. The molecule has 0 fully saturated rings. The maximum Gasteiger partial charge on any atom is 0.243 e. The van der Waals surface area contributed by atoms with Crippen molar-refractivity contribution in [3.05, 3.63) is 53.0 Å². The average molecular weight is 376 g/mol. The normalized spacial score (nSPS) is 10.2. The standard InChI is InChI=1S/C18H22BrN3O/c1-3-22(4-2)17-10-8-15(9-11-17)20-13-18(23)21-16-7-5-6-14(19)12-16/h5-12,20H,3-4,13H2,1-2H3,(H,21,23). The molecule has 2 rings (SSSR count). The minimum atomic E-state index is -0.0732. The van der Waals surface area contributed by atoms with E-state index >= 15 is 0 Å². The lowest BCUT2D eigenvalue weighted by atomic mass is 10.2. The van der Waals surface area contributed by atoms with E-state index in [1.54, 1.807) is 0 Å². The number of benzene rings is 2. The first-order valence-corrected chi connectivity index (χ1v) is 8.56. The Morgan fingerprint density at radius 1 is 1.04 bits per heavy atom. The first-order valence-electron chi connectivity index (χ1n) is 7.76. The smallest absolute Gasteiger partial charge is 0.243 e. The van der Waals surface area contributed by atoms with Crippen LogP contribution in [-0.4, -0.2) is 25.5 Å². The third kappa shape index (κ3) is 5.28. The first kappa shape index (κ1) is 17.3. The lowest BCUT2D eigenvalue weighted by molar-refractivity contribution is -0.114. The summed E-state index contributed by atoms with van der Waals surface area (Å²) in [5, 5.41) is 6.00. The number of hydrogen-bond donors (Lipinski definition) is 2. The summed E-state index contributed by atoms with van der Waals surface area (Å²) in [7, 11) is 0. The summed E-state index contributed by atoms with van der Waals surface area (Å²) in [6.45, 7) is 6.48. The number of anilines is 3. The highest BCUT2D eigenvalue weighted by molar-refractivity contribution is 9.10. The summed E-state index contributed by atoms with van der Waals surface area (Å²) in [5.74, 6) is -0.0732. The third-order valence-electron chi connectivity index (χ3n) is 3.56. The number of carbonyl (C=O) groups is 1. The Kier molecular flexibility index (Phi) is 6.47. The highest BCUT2D eigenvalue weighted by Crippen LogP contribution is 2.18. The fourth-order valence-corrected chi connectivity index (χ4v) is 2.73. The van der Waals surface area contributed by atoms with Crippen molar-refractivity contribution in [2.45, 2.75) is 13.8 Å². The molecule has 23 heavy (non-hydrogen) atoms. The monoisotopic (exact) mass is 375 g/mol. The van der Waals surface area contributed by atoms with E-state index in [9.17, 15) is 4.79 Å². The molecule has 2 N–H and O–H groups in total. The first-order chi connectivity index (χ1) is 11.1. The van der Waals surface area contributed by atoms with Gasteiger partial charge in [-0.1, -0.05) is 22.0 Å². The molecule has 2 aromatic rings. The number of rotatable bonds is 7. The van der Waals surface area contributed by atoms with Crippen LogP contribution in [0.2, 0.25) is 0 Å². The molecular formula is C18H22BrN3O. The van der Waals surface area contributed by atoms with Crippen molar-refractivity contribution >= 4 is 38.9 Å². The van der Waals surface area contributed by atoms with Gasteiger partial charge in [0.25, 0.3) is 0 Å². The average Bonchev–Trinajstić information content (AvgIpc) is 2.55. The van der Waals surface area contributed by atoms with Crippen molar-refractivity contribution in [2.75, 3.05) is 35.2 Å². The van der Waals surface area contributed by atoms with Crippen molar-refractivity contribution < 1.29 is 4.79 Å². The zero-order chi connectivity index (χ0) is 16.7. The van der Waals surface area contributed by atoms with Crippen molar-refractivity contribution in [3.8, 4) is 0 Å². The Hall–Kier alpha value is -2.01. The van der Waals surface area contributed by atoms with Gasteiger partial charge in [-0.05, 0) is 56.3 Å². The molecule has 2 aromatic carbocycles. The molecule has 0 spiro atoms. The van der Waals surface area contributed by atoms with Crippen molar-refractivity contribution in [1.82, 2.24) is 0 Å². The van der Waals surface area contributed by atoms with Gasteiger partial charge in [-0.2, -0.15) is 0 Å². The van der Waals surface area contributed by atoms with Gasteiger partial charge < -0.3 is 15.5 Å². The van der Waals surface area contributed by atoms with E-state index in [0.717, 1.165) is 28.9 Å². The lowest BCUT2D eigenvalue weighted by Gasteiger charge is -2.21. The van der Waals surface area contributed by atoms with Crippen LogP contribution in [0, 0.1) is 0 Å². The lowest BCUT2D eigenvalue weighted by Crippen LogP contribution is -2.22. The highest BCUT2D eigenvalue weighted by atomic mass is 79.9. The second-order valence-electron chi connectivity index (χ2n) is 5.13. The van der Waals surface area contributed by atoms with Gasteiger partial charge in [0.2, 0.25) is 5.91 Å². The summed E-state index contributed by atoms with van der Waals surface area (Å²) in [5.41, 5.74) is 2.91. The van der Waals surface area contributed by atoms with Gasteiger partial charge in [-0.3, -0.25) is 4.79 Å². The van der Waals surface area contributed by atoms with Gasteiger partial charge in [-0.15, -0.1) is 0 Å². The quantitative estimate of drug-likeness (QED) is 0.755. The molecular weight excluding hydrogens is 354 g/mol. The molecule has 0 saturated heterocycles. The van der Waals surface area contributed by atoms with Crippen molar-refractivity contribution in [2.24, 2.45) is 0 Å². The zero-order valence-electron chi connectivity index (χ0n) is 13.5. The van der Waals surface area contributed by atoms with Crippen LogP contribution in [0.1, 0.15) is 13.8 Å². The van der Waals surface area contributed by atoms with Crippen LogP contribution in [0.3, 0.4) is 0 Å². The van der Waals surface area contributed by atoms with Gasteiger partial charge >= 0.3 is 0 Å². The largest absolute Gasteiger partial charge is 0.376 e. The predicted molar refractivity (Wildman–Crippen MR) is 101 cm³/mol. The van der Waals surface area contributed by atoms with E-state index in [4.69, 9.17) is 0 Å². The summed E-state index contributed by atoms with van der Waals surface area (Å²) in [4.78, 5) is 14.2. The topological polar surface area (TPSA) is 44.4 Å². The Morgan fingerprint density at radius 3 is 2.35 bits per heavy atom. The van der Waals surface area contributed by atoms with Crippen LogP contribution in [0.25, 0.3) is 0 Å². The number of hydrogen-bond acceptors (Lipinski definition) is 3. The molecule has 0 aliphatic carbocycles. The SMILES string of the molecule is CCN(CC)c1ccc(NCC(=O)Nc2cccc(Br)c2)cc1. The molecule has 0 saturated carbocycles. The molecule has 5 heteroatoms. The number of amides is 1. The number of nitrogens with zero attached hydrogens (tertiary/aromatic N) is 1. The van der Waals surface area contributed by atoms with Crippen molar-refractivity contribution in [3.63, 3.8) is 0 Å². The van der Waals surface area contributed by atoms with Crippen LogP contribution in [-0.2, 0) is 4.79 Å². The summed E-state index contributed by atoms with van der Waals surface area (Å²) >= 11 is 3.39.